The SMILES string of the molecule is CCCCCCCCOCc1ccoc1CNCCC. The zero-order valence-corrected chi connectivity index (χ0v) is 13.2. The molecule has 116 valence electrons. The summed E-state index contributed by atoms with van der Waals surface area (Å²) < 4.78 is 11.2. The summed E-state index contributed by atoms with van der Waals surface area (Å²) in [5.74, 6) is 1.02. The third-order valence-corrected chi connectivity index (χ3v) is 3.45. The van der Waals surface area contributed by atoms with Crippen molar-refractivity contribution in [2.24, 2.45) is 0 Å². The van der Waals surface area contributed by atoms with Crippen LogP contribution in [0.1, 0.15) is 70.1 Å². The number of hydrogen-bond donors (Lipinski definition) is 1. The molecule has 0 aliphatic carbocycles. The Morgan fingerprint density at radius 1 is 1.05 bits per heavy atom. The van der Waals surface area contributed by atoms with E-state index in [1.54, 1.807) is 6.26 Å². The molecule has 0 aliphatic heterocycles. The van der Waals surface area contributed by atoms with E-state index >= 15 is 0 Å². The molecule has 0 unspecified atom stereocenters. The van der Waals surface area contributed by atoms with Crippen LogP contribution in [0.3, 0.4) is 0 Å². The van der Waals surface area contributed by atoms with E-state index in [0.29, 0.717) is 6.61 Å². The number of nitrogens with one attached hydrogen (secondary N) is 1. The molecule has 3 heteroatoms. The Bertz CT molecular complexity index is 323. The Kier molecular flexibility index (Phi) is 10.3. The molecule has 1 rings (SSSR count). The van der Waals surface area contributed by atoms with Crippen LogP contribution in [0.15, 0.2) is 16.7 Å². The fraction of sp³-hybridized carbons (Fsp3) is 0.765. The van der Waals surface area contributed by atoms with Crippen LogP contribution in [-0.2, 0) is 17.9 Å². The van der Waals surface area contributed by atoms with Gasteiger partial charge < -0.3 is 14.5 Å². The lowest BCUT2D eigenvalue weighted by Crippen LogP contribution is -2.14. The molecule has 0 saturated carbocycles. The highest BCUT2D eigenvalue weighted by Crippen LogP contribution is 2.12. The smallest absolute Gasteiger partial charge is 0.123 e. The maximum Gasteiger partial charge on any atom is 0.123 e. The molecule has 0 atom stereocenters. The summed E-state index contributed by atoms with van der Waals surface area (Å²) in [6, 6.07) is 2.02. The average Bonchev–Trinajstić information content (AvgIpc) is 2.90. The predicted molar refractivity (Wildman–Crippen MR) is 83.7 cm³/mol. The van der Waals surface area contributed by atoms with Gasteiger partial charge in [-0.05, 0) is 25.5 Å². The molecule has 1 aromatic heterocycles. The second kappa shape index (κ2) is 12.0. The summed E-state index contributed by atoms with van der Waals surface area (Å²) in [6.07, 6.45) is 10.7. The molecule has 20 heavy (non-hydrogen) atoms. The minimum Gasteiger partial charge on any atom is -0.468 e. The van der Waals surface area contributed by atoms with Gasteiger partial charge in [0.1, 0.15) is 5.76 Å². The van der Waals surface area contributed by atoms with Crippen LogP contribution in [0.4, 0.5) is 0 Å². The summed E-state index contributed by atoms with van der Waals surface area (Å²) in [6.45, 7) is 7.78. The standard InChI is InChI=1S/C17H31NO2/c1-3-5-6-7-8-9-12-19-15-16-10-13-20-17(16)14-18-11-4-2/h10,13,18H,3-9,11-12,14-15H2,1-2H3. The highest BCUT2D eigenvalue weighted by molar-refractivity contribution is 5.15. The van der Waals surface area contributed by atoms with Crippen molar-refractivity contribution >= 4 is 0 Å². The van der Waals surface area contributed by atoms with Crippen molar-refractivity contribution in [1.82, 2.24) is 5.32 Å². The number of rotatable bonds is 13. The second-order valence-electron chi connectivity index (χ2n) is 5.37. The van der Waals surface area contributed by atoms with Crippen LogP contribution in [0.5, 0.6) is 0 Å². The number of hydrogen-bond acceptors (Lipinski definition) is 3. The van der Waals surface area contributed by atoms with Crippen molar-refractivity contribution in [3.05, 3.63) is 23.7 Å². The first kappa shape index (κ1) is 17.3. The summed E-state index contributed by atoms with van der Waals surface area (Å²) in [5.41, 5.74) is 1.18. The molecule has 0 amide bonds. The topological polar surface area (TPSA) is 34.4 Å². The van der Waals surface area contributed by atoms with Crippen LogP contribution in [-0.4, -0.2) is 13.2 Å². The van der Waals surface area contributed by atoms with E-state index in [9.17, 15) is 0 Å². The van der Waals surface area contributed by atoms with E-state index in [0.717, 1.165) is 31.9 Å². The highest BCUT2D eigenvalue weighted by Gasteiger charge is 2.05. The molecule has 0 aliphatic rings. The van der Waals surface area contributed by atoms with Crippen LogP contribution >= 0.6 is 0 Å². The number of furan rings is 1. The van der Waals surface area contributed by atoms with Gasteiger partial charge in [0.05, 0.1) is 19.4 Å². The van der Waals surface area contributed by atoms with E-state index in [1.165, 1.54) is 44.1 Å². The van der Waals surface area contributed by atoms with Gasteiger partial charge in [-0.25, -0.2) is 0 Å². The molecule has 3 nitrogen and oxygen atoms in total. The normalized spacial score (nSPS) is 11.1. The van der Waals surface area contributed by atoms with E-state index in [1.807, 2.05) is 6.07 Å². The Labute approximate surface area is 124 Å². The van der Waals surface area contributed by atoms with Crippen molar-refractivity contribution in [2.75, 3.05) is 13.2 Å². The maximum atomic E-state index is 5.74. The van der Waals surface area contributed by atoms with Gasteiger partial charge in [0.25, 0.3) is 0 Å². The first-order valence-corrected chi connectivity index (χ1v) is 8.22. The number of unbranched alkanes of at least 4 members (excludes halogenated alkanes) is 5. The van der Waals surface area contributed by atoms with Crippen molar-refractivity contribution in [2.45, 2.75) is 71.9 Å². The van der Waals surface area contributed by atoms with Crippen LogP contribution < -0.4 is 5.32 Å². The fourth-order valence-corrected chi connectivity index (χ4v) is 2.20. The van der Waals surface area contributed by atoms with E-state index in [-0.39, 0.29) is 0 Å². The second-order valence-corrected chi connectivity index (χ2v) is 5.37. The quantitative estimate of drug-likeness (QED) is 0.534. The van der Waals surface area contributed by atoms with Gasteiger partial charge >= 0.3 is 0 Å². The van der Waals surface area contributed by atoms with Crippen LogP contribution in [0.2, 0.25) is 0 Å². The molecule has 0 aromatic carbocycles. The predicted octanol–water partition coefficient (Wildman–Crippen LogP) is 4.66. The maximum absolute atomic E-state index is 5.74. The van der Waals surface area contributed by atoms with Gasteiger partial charge in [-0.15, -0.1) is 0 Å². The zero-order chi connectivity index (χ0) is 14.5. The van der Waals surface area contributed by atoms with Gasteiger partial charge in [0.15, 0.2) is 0 Å². The summed E-state index contributed by atoms with van der Waals surface area (Å²) >= 11 is 0. The minimum atomic E-state index is 0.675. The average molecular weight is 281 g/mol. The third kappa shape index (κ3) is 7.71. The van der Waals surface area contributed by atoms with E-state index in [4.69, 9.17) is 9.15 Å². The third-order valence-electron chi connectivity index (χ3n) is 3.45. The molecular weight excluding hydrogens is 250 g/mol. The van der Waals surface area contributed by atoms with E-state index in [2.05, 4.69) is 19.2 Å². The summed E-state index contributed by atoms with van der Waals surface area (Å²) in [7, 11) is 0. The Hall–Kier alpha value is -0.800. The lowest BCUT2D eigenvalue weighted by atomic mass is 10.1. The van der Waals surface area contributed by atoms with Gasteiger partial charge in [0.2, 0.25) is 0 Å². The van der Waals surface area contributed by atoms with Gasteiger partial charge in [-0.2, -0.15) is 0 Å². The monoisotopic (exact) mass is 281 g/mol. The van der Waals surface area contributed by atoms with E-state index < -0.39 is 0 Å². The molecule has 0 spiro atoms. The lowest BCUT2D eigenvalue weighted by molar-refractivity contribution is 0.115. The molecule has 1 heterocycles. The Balaban J connectivity index is 2.05. The number of ether oxygens (including phenoxy) is 1. The van der Waals surface area contributed by atoms with Crippen molar-refractivity contribution in [1.29, 1.82) is 0 Å². The Morgan fingerprint density at radius 3 is 2.65 bits per heavy atom. The molecule has 0 fully saturated rings. The molecule has 0 radical (unpaired) electrons. The summed E-state index contributed by atoms with van der Waals surface area (Å²) in [4.78, 5) is 0. The first-order valence-electron chi connectivity index (χ1n) is 8.22. The van der Waals surface area contributed by atoms with Crippen molar-refractivity contribution < 1.29 is 9.15 Å². The molecule has 0 bridgehead atoms. The highest BCUT2D eigenvalue weighted by atomic mass is 16.5. The molecule has 1 N–H and O–H groups in total. The minimum absolute atomic E-state index is 0.675. The zero-order valence-electron chi connectivity index (χ0n) is 13.2. The molecular formula is C17H31NO2. The van der Waals surface area contributed by atoms with Crippen LogP contribution in [0, 0.1) is 0 Å². The molecule has 0 saturated heterocycles. The lowest BCUT2D eigenvalue weighted by Gasteiger charge is -2.06. The Morgan fingerprint density at radius 2 is 1.85 bits per heavy atom. The van der Waals surface area contributed by atoms with Gasteiger partial charge in [0, 0.05) is 12.2 Å². The molecule has 1 aromatic rings. The van der Waals surface area contributed by atoms with Crippen molar-refractivity contribution in [3.8, 4) is 0 Å². The van der Waals surface area contributed by atoms with Crippen molar-refractivity contribution in [3.63, 3.8) is 0 Å². The largest absolute Gasteiger partial charge is 0.468 e. The first-order chi connectivity index (χ1) is 9.88. The fourth-order valence-electron chi connectivity index (χ4n) is 2.20. The summed E-state index contributed by atoms with van der Waals surface area (Å²) in [5, 5.41) is 3.36. The van der Waals surface area contributed by atoms with Gasteiger partial charge in [-0.1, -0.05) is 46.0 Å². The van der Waals surface area contributed by atoms with Crippen LogP contribution in [0.25, 0.3) is 0 Å². The van der Waals surface area contributed by atoms with Gasteiger partial charge in [-0.3, -0.25) is 0 Å².